The number of ether oxygens (including phenoxy) is 1. The Bertz CT molecular complexity index is 662. The standard InChI is InChI=1S/C18H20N2O3/c1-13(2)12-23-17-9-5-15(6-10-17)18(22)20-19-11-14-3-7-16(21)8-4-14/h3-11,13,21H,12H2,1-2H3,(H,20,22). The van der Waals surface area contributed by atoms with Crippen LogP contribution in [0.1, 0.15) is 29.8 Å². The van der Waals surface area contributed by atoms with E-state index in [-0.39, 0.29) is 11.7 Å². The summed E-state index contributed by atoms with van der Waals surface area (Å²) >= 11 is 0. The number of amides is 1. The van der Waals surface area contributed by atoms with Gasteiger partial charge in [-0.3, -0.25) is 4.79 Å². The molecule has 5 heteroatoms. The highest BCUT2D eigenvalue weighted by Crippen LogP contribution is 2.13. The number of aromatic hydroxyl groups is 1. The van der Waals surface area contributed by atoms with Gasteiger partial charge >= 0.3 is 0 Å². The summed E-state index contributed by atoms with van der Waals surface area (Å²) in [5, 5.41) is 13.1. The Morgan fingerprint density at radius 1 is 1.17 bits per heavy atom. The molecule has 2 N–H and O–H groups in total. The highest BCUT2D eigenvalue weighted by atomic mass is 16.5. The van der Waals surface area contributed by atoms with E-state index in [1.165, 1.54) is 6.21 Å². The van der Waals surface area contributed by atoms with Gasteiger partial charge in [0.15, 0.2) is 0 Å². The molecule has 0 aliphatic heterocycles. The van der Waals surface area contributed by atoms with Crippen LogP contribution in [0.2, 0.25) is 0 Å². The normalized spacial score (nSPS) is 10.9. The van der Waals surface area contributed by atoms with E-state index in [1.54, 1.807) is 48.5 Å². The van der Waals surface area contributed by atoms with Crippen molar-refractivity contribution in [3.63, 3.8) is 0 Å². The number of hydrogen-bond donors (Lipinski definition) is 2. The van der Waals surface area contributed by atoms with Crippen molar-refractivity contribution in [2.75, 3.05) is 6.61 Å². The predicted molar refractivity (Wildman–Crippen MR) is 89.9 cm³/mol. The van der Waals surface area contributed by atoms with Gasteiger partial charge in [0.25, 0.3) is 5.91 Å². The summed E-state index contributed by atoms with van der Waals surface area (Å²) < 4.78 is 5.57. The molecule has 0 saturated carbocycles. The maximum absolute atomic E-state index is 12.0. The van der Waals surface area contributed by atoms with Crippen LogP contribution in [-0.2, 0) is 0 Å². The second-order valence-corrected chi connectivity index (χ2v) is 5.52. The first-order chi connectivity index (χ1) is 11.0. The number of phenolic OH excluding ortho intramolecular Hbond substituents is 1. The molecule has 0 aliphatic carbocycles. The number of hydrazone groups is 1. The molecule has 0 aromatic heterocycles. The van der Waals surface area contributed by atoms with Crippen LogP contribution >= 0.6 is 0 Å². The van der Waals surface area contributed by atoms with Crippen LogP contribution < -0.4 is 10.2 Å². The van der Waals surface area contributed by atoms with Crippen LogP contribution in [0.4, 0.5) is 0 Å². The van der Waals surface area contributed by atoms with Gasteiger partial charge in [0.05, 0.1) is 12.8 Å². The number of hydrogen-bond acceptors (Lipinski definition) is 4. The molecule has 0 radical (unpaired) electrons. The van der Waals surface area contributed by atoms with E-state index in [1.807, 2.05) is 0 Å². The van der Waals surface area contributed by atoms with Crippen molar-refractivity contribution in [3.8, 4) is 11.5 Å². The molecular formula is C18H20N2O3. The summed E-state index contributed by atoms with van der Waals surface area (Å²) in [4.78, 5) is 12.0. The summed E-state index contributed by atoms with van der Waals surface area (Å²) in [7, 11) is 0. The van der Waals surface area contributed by atoms with Gasteiger partial charge in [0.1, 0.15) is 11.5 Å². The van der Waals surface area contributed by atoms with Gasteiger partial charge in [0.2, 0.25) is 0 Å². The Morgan fingerprint density at radius 2 is 1.83 bits per heavy atom. The Kier molecular flexibility index (Phi) is 5.74. The molecule has 120 valence electrons. The largest absolute Gasteiger partial charge is 0.508 e. The molecule has 5 nitrogen and oxygen atoms in total. The molecule has 0 heterocycles. The zero-order valence-corrected chi connectivity index (χ0v) is 13.2. The van der Waals surface area contributed by atoms with Crippen LogP contribution in [0, 0.1) is 5.92 Å². The van der Waals surface area contributed by atoms with Crippen molar-refractivity contribution in [1.29, 1.82) is 0 Å². The zero-order valence-electron chi connectivity index (χ0n) is 13.2. The molecule has 0 atom stereocenters. The molecule has 2 aromatic rings. The third-order valence-electron chi connectivity index (χ3n) is 2.97. The van der Waals surface area contributed by atoms with Crippen LogP contribution in [-0.4, -0.2) is 23.8 Å². The van der Waals surface area contributed by atoms with Gasteiger partial charge in [0, 0.05) is 5.56 Å². The van der Waals surface area contributed by atoms with E-state index >= 15 is 0 Å². The molecule has 1 amide bonds. The molecule has 0 unspecified atom stereocenters. The quantitative estimate of drug-likeness (QED) is 0.635. The van der Waals surface area contributed by atoms with Crippen molar-refractivity contribution in [2.45, 2.75) is 13.8 Å². The van der Waals surface area contributed by atoms with Crippen molar-refractivity contribution in [3.05, 3.63) is 59.7 Å². The minimum atomic E-state index is -0.296. The third kappa shape index (κ3) is 5.47. The second kappa shape index (κ2) is 7.98. The zero-order chi connectivity index (χ0) is 16.7. The molecule has 2 aromatic carbocycles. The average molecular weight is 312 g/mol. The molecule has 0 saturated heterocycles. The van der Waals surface area contributed by atoms with Crippen LogP contribution in [0.15, 0.2) is 53.6 Å². The lowest BCUT2D eigenvalue weighted by atomic mass is 10.2. The summed E-state index contributed by atoms with van der Waals surface area (Å²) in [5.41, 5.74) is 3.74. The van der Waals surface area contributed by atoms with E-state index in [9.17, 15) is 9.90 Å². The smallest absolute Gasteiger partial charge is 0.271 e. The fraction of sp³-hybridized carbons (Fsp3) is 0.222. The van der Waals surface area contributed by atoms with E-state index < -0.39 is 0 Å². The fourth-order valence-electron chi connectivity index (χ4n) is 1.76. The lowest BCUT2D eigenvalue weighted by molar-refractivity contribution is 0.0955. The monoisotopic (exact) mass is 312 g/mol. The molecule has 0 fully saturated rings. The number of carbonyl (C=O) groups is 1. The first-order valence-corrected chi connectivity index (χ1v) is 7.40. The average Bonchev–Trinajstić information content (AvgIpc) is 2.55. The van der Waals surface area contributed by atoms with E-state index in [2.05, 4.69) is 24.4 Å². The SMILES string of the molecule is CC(C)COc1ccc(C(=O)NN=Cc2ccc(O)cc2)cc1. The van der Waals surface area contributed by atoms with Crippen molar-refractivity contribution >= 4 is 12.1 Å². The first kappa shape index (κ1) is 16.5. The van der Waals surface area contributed by atoms with Gasteiger partial charge in [-0.15, -0.1) is 0 Å². The number of carbonyl (C=O) groups excluding carboxylic acids is 1. The van der Waals surface area contributed by atoms with Crippen LogP contribution in [0.3, 0.4) is 0 Å². The number of rotatable bonds is 6. The Hall–Kier alpha value is -2.82. The third-order valence-corrected chi connectivity index (χ3v) is 2.97. The Morgan fingerprint density at radius 3 is 2.43 bits per heavy atom. The van der Waals surface area contributed by atoms with Crippen LogP contribution in [0.5, 0.6) is 11.5 Å². The van der Waals surface area contributed by atoms with Crippen molar-refractivity contribution in [2.24, 2.45) is 11.0 Å². The Balaban J connectivity index is 1.89. The van der Waals surface area contributed by atoms with Crippen molar-refractivity contribution < 1.29 is 14.6 Å². The van der Waals surface area contributed by atoms with E-state index in [0.29, 0.717) is 18.1 Å². The van der Waals surface area contributed by atoms with Gasteiger partial charge in [-0.25, -0.2) is 5.43 Å². The lowest BCUT2D eigenvalue weighted by Crippen LogP contribution is -2.17. The number of nitrogens with zero attached hydrogens (tertiary/aromatic N) is 1. The topological polar surface area (TPSA) is 70.9 Å². The molecule has 0 spiro atoms. The highest BCUT2D eigenvalue weighted by Gasteiger charge is 2.04. The molecule has 0 bridgehead atoms. The van der Waals surface area contributed by atoms with E-state index in [4.69, 9.17) is 4.74 Å². The minimum Gasteiger partial charge on any atom is -0.508 e. The highest BCUT2D eigenvalue weighted by molar-refractivity contribution is 5.95. The lowest BCUT2D eigenvalue weighted by Gasteiger charge is -2.08. The predicted octanol–water partition coefficient (Wildman–Crippen LogP) is 3.19. The van der Waals surface area contributed by atoms with Gasteiger partial charge in [-0.2, -0.15) is 5.10 Å². The van der Waals surface area contributed by atoms with Gasteiger partial charge in [-0.05, 0) is 60.0 Å². The molecule has 23 heavy (non-hydrogen) atoms. The summed E-state index contributed by atoms with van der Waals surface area (Å²) in [5.74, 6) is 1.08. The first-order valence-electron chi connectivity index (χ1n) is 7.40. The minimum absolute atomic E-state index is 0.186. The molecule has 2 rings (SSSR count). The summed E-state index contributed by atoms with van der Waals surface area (Å²) in [6.07, 6.45) is 1.51. The number of phenols is 1. The van der Waals surface area contributed by atoms with Crippen LogP contribution in [0.25, 0.3) is 0 Å². The number of benzene rings is 2. The maximum atomic E-state index is 12.0. The fourth-order valence-corrected chi connectivity index (χ4v) is 1.76. The summed E-state index contributed by atoms with van der Waals surface area (Å²) in [6.45, 7) is 4.80. The van der Waals surface area contributed by atoms with Crippen molar-refractivity contribution in [1.82, 2.24) is 5.43 Å². The maximum Gasteiger partial charge on any atom is 0.271 e. The molecular weight excluding hydrogens is 292 g/mol. The molecule has 0 aliphatic rings. The summed E-state index contributed by atoms with van der Waals surface area (Å²) in [6, 6.07) is 13.4. The number of nitrogens with one attached hydrogen (secondary N) is 1. The van der Waals surface area contributed by atoms with E-state index in [0.717, 1.165) is 11.3 Å². The van der Waals surface area contributed by atoms with Gasteiger partial charge < -0.3 is 9.84 Å². The second-order valence-electron chi connectivity index (χ2n) is 5.52. The Labute approximate surface area is 135 Å². The van der Waals surface area contributed by atoms with Gasteiger partial charge in [-0.1, -0.05) is 13.8 Å².